The minimum atomic E-state index is 0.809. The van der Waals surface area contributed by atoms with Gasteiger partial charge in [0.2, 0.25) is 0 Å². The summed E-state index contributed by atoms with van der Waals surface area (Å²) < 4.78 is 0. The molecule has 0 nitrogen and oxygen atoms in total. The number of alkyl halides is 1. The predicted molar refractivity (Wildman–Crippen MR) is 61.4 cm³/mol. The Bertz CT molecular complexity index is 222. The standard InChI is InChI=1S/C9H10BrClS/c10-5-6-12-7-8-1-3-9(11)4-2-8/h1-4H,5-7H2. The monoisotopic (exact) mass is 264 g/mol. The normalized spacial score (nSPS) is 10.2. The summed E-state index contributed by atoms with van der Waals surface area (Å²) in [5, 5.41) is 1.87. The summed E-state index contributed by atoms with van der Waals surface area (Å²) in [5.74, 6) is 2.23. The third-order valence-corrected chi connectivity index (χ3v) is 3.61. The highest BCUT2D eigenvalue weighted by atomic mass is 79.9. The van der Waals surface area contributed by atoms with Crippen LogP contribution in [0, 0.1) is 0 Å². The highest BCUT2D eigenvalue weighted by Crippen LogP contribution is 2.15. The predicted octanol–water partition coefficient (Wildman–Crippen LogP) is 3.97. The van der Waals surface area contributed by atoms with E-state index in [0.29, 0.717) is 0 Å². The SMILES string of the molecule is Clc1ccc(CSCCBr)cc1. The molecule has 12 heavy (non-hydrogen) atoms. The molecule has 1 aromatic carbocycles. The first-order valence-corrected chi connectivity index (χ1v) is 6.36. The summed E-state index contributed by atoms with van der Waals surface area (Å²) in [6, 6.07) is 8.02. The number of hydrogen-bond acceptors (Lipinski definition) is 1. The maximum atomic E-state index is 5.76. The van der Waals surface area contributed by atoms with Crippen molar-refractivity contribution in [3.05, 3.63) is 34.9 Å². The topological polar surface area (TPSA) is 0 Å². The Morgan fingerprint density at radius 1 is 1.25 bits per heavy atom. The van der Waals surface area contributed by atoms with Gasteiger partial charge in [-0.2, -0.15) is 11.8 Å². The Balaban J connectivity index is 2.37. The molecule has 0 aromatic heterocycles. The van der Waals surface area contributed by atoms with Gasteiger partial charge in [-0.1, -0.05) is 39.7 Å². The molecule has 0 saturated carbocycles. The van der Waals surface area contributed by atoms with Crippen LogP contribution in [-0.4, -0.2) is 11.1 Å². The van der Waals surface area contributed by atoms with E-state index in [9.17, 15) is 0 Å². The van der Waals surface area contributed by atoms with Crippen LogP contribution in [-0.2, 0) is 5.75 Å². The molecular formula is C9H10BrClS. The maximum absolute atomic E-state index is 5.76. The molecule has 1 rings (SSSR count). The molecule has 0 aliphatic heterocycles. The van der Waals surface area contributed by atoms with Crippen molar-refractivity contribution in [2.24, 2.45) is 0 Å². The molecule has 0 spiro atoms. The second kappa shape index (κ2) is 5.90. The minimum Gasteiger partial charge on any atom is -0.156 e. The van der Waals surface area contributed by atoms with Crippen LogP contribution >= 0.6 is 39.3 Å². The molecule has 0 aliphatic carbocycles. The van der Waals surface area contributed by atoms with Crippen LogP contribution in [0.4, 0.5) is 0 Å². The fourth-order valence-corrected chi connectivity index (χ4v) is 2.32. The van der Waals surface area contributed by atoms with Crippen LogP contribution in [0.2, 0.25) is 5.02 Å². The Morgan fingerprint density at radius 2 is 1.92 bits per heavy atom. The van der Waals surface area contributed by atoms with E-state index in [1.807, 2.05) is 23.9 Å². The summed E-state index contributed by atoms with van der Waals surface area (Å²) in [6.07, 6.45) is 0. The van der Waals surface area contributed by atoms with Crippen molar-refractivity contribution in [3.63, 3.8) is 0 Å². The molecule has 66 valence electrons. The first-order valence-electron chi connectivity index (χ1n) is 3.71. The van der Waals surface area contributed by atoms with Gasteiger partial charge in [-0.25, -0.2) is 0 Å². The lowest BCUT2D eigenvalue weighted by Crippen LogP contribution is -1.82. The summed E-state index contributed by atoms with van der Waals surface area (Å²) in [5.41, 5.74) is 1.34. The molecule has 0 heterocycles. The molecule has 0 radical (unpaired) electrons. The third-order valence-electron chi connectivity index (χ3n) is 1.40. The third kappa shape index (κ3) is 3.83. The van der Waals surface area contributed by atoms with Gasteiger partial charge in [-0.15, -0.1) is 0 Å². The van der Waals surface area contributed by atoms with E-state index in [2.05, 4.69) is 28.1 Å². The largest absolute Gasteiger partial charge is 0.156 e. The number of hydrogen-bond donors (Lipinski definition) is 0. The van der Waals surface area contributed by atoms with Gasteiger partial charge in [-0.3, -0.25) is 0 Å². The zero-order chi connectivity index (χ0) is 8.81. The second-order valence-corrected chi connectivity index (χ2v) is 4.70. The summed E-state index contributed by atoms with van der Waals surface area (Å²) in [4.78, 5) is 0. The van der Waals surface area contributed by atoms with Gasteiger partial charge < -0.3 is 0 Å². The number of rotatable bonds is 4. The van der Waals surface area contributed by atoms with Gasteiger partial charge in [0.1, 0.15) is 0 Å². The maximum Gasteiger partial charge on any atom is 0.0406 e. The number of thioether (sulfide) groups is 1. The van der Waals surface area contributed by atoms with Crippen LogP contribution < -0.4 is 0 Å². The van der Waals surface area contributed by atoms with Gasteiger partial charge in [0.15, 0.2) is 0 Å². The Morgan fingerprint density at radius 3 is 2.50 bits per heavy atom. The smallest absolute Gasteiger partial charge is 0.0406 e. The molecular weight excluding hydrogens is 256 g/mol. The molecule has 0 saturated heterocycles. The number of halogens is 2. The molecule has 0 aliphatic rings. The molecule has 0 fully saturated rings. The van der Waals surface area contributed by atoms with Gasteiger partial charge in [-0.05, 0) is 17.7 Å². The van der Waals surface area contributed by atoms with Gasteiger partial charge in [0.25, 0.3) is 0 Å². The lowest BCUT2D eigenvalue weighted by molar-refractivity contribution is 1.40. The van der Waals surface area contributed by atoms with Crippen LogP contribution in [0.1, 0.15) is 5.56 Å². The zero-order valence-corrected chi connectivity index (χ0v) is 9.75. The van der Waals surface area contributed by atoms with Gasteiger partial charge in [0.05, 0.1) is 0 Å². The minimum absolute atomic E-state index is 0.809. The van der Waals surface area contributed by atoms with E-state index in [0.717, 1.165) is 21.9 Å². The molecule has 3 heteroatoms. The van der Waals surface area contributed by atoms with E-state index in [-0.39, 0.29) is 0 Å². The van der Waals surface area contributed by atoms with Crippen molar-refractivity contribution in [1.82, 2.24) is 0 Å². The van der Waals surface area contributed by atoms with E-state index < -0.39 is 0 Å². The van der Waals surface area contributed by atoms with Crippen LogP contribution in [0.5, 0.6) is 0 Å². The first-order chi connectivity index (χ1) is 5.83. The van der Waals surface area contributed by atoms with Crippen molar-refractivity contribution in [2.75, 3.05) is 11.1 Å². The van der Waals surface area contributed by atoms with Crippen molar-refractivity contribution < 1.29 is 0 Å². The Labute approximate surface area is 90.8 Å². The van der Waals surface area contributed by atoms with Gasteiger partial charge >= 0.3 is 0 Å². The Kier molecular flexibility index (Phi) is 5.12. The average molecular weight is 266 g/mol. The number of benzene rings is 1. The van der Waals surface area contributed by atoms with E-state index in [1.54, 1.807) is 0 Å². The van der Waals surface area contributed by atoms with Crippen molar-refractivity contribution >= 4 is 39.3 Å². The quantitative estimate of drug-likeness (QED) is 0.586. The van der Waals surface area contributed by atoms with Crippen molar-refractivity contribution in [3.8, 4) is 0 Å². The zero-order valence-electron chi connectivity index (χ0n) is 6.59. The molecule has 0 atom stereocenters. The first kappa shape index (κ1) is 10.4. The van der Waals surface area contributed by atoms with Crippen LogP contribution in [0.3, 0.4) is 0 Å². The van der Waals surface area contributed by atoms with Crippen molar-refractivity contribution in [2.45, 2.75) is 5.75 Å². The lowest BCUT2D eigenvalue weighted by Gasteiger charge is -1.99. The fraction of sp³-hybridized carbons (Fsp3) is 0.333. The van der Waals surface area contributed by atoms with E-state index in [4.69, 9.17) is 11.6 Å². The van der Waals surface area contributed by atoms with Crippen LogP contribution in [0.15, 0.2) is 24.3 Å². The van der Waals surface area contributed by atoms with Crippen molar-refractivity contribution in [1.29, 1.82) is 0 Å². The van der Waals surface area contributed by atoms with Crippen LogP contribution in [0.25, 0.3) is 0 Å². The summed E-state index contributed by atoms with van der Waals surface area (Å²) >= 11 is 11.1. The van der Waals surface area contributed by atoms with Gasteiger partial charge in [0, 0.05) is 21.9 Å². The molecule has 0 N–H and O–H groups in total. The summed E-state index contributed by atoms with van der Waals surface area (Å²) in [6.45, 7) is 0. The van der Waals surface area contributed by atoms with E-state index >= 15 is 0 Å². The van der Waals surface area contributed by atoms with E-state index in [1.165, 1.54) is 5.56 Å². The molecule has 0 bridgehead atoms. The average Bonchev–Trinajstić information content (AvgIpc) is 2.09. The highest BCUT2D eigenvalue weighted by molar-refractivity contribution is 9.09. The summed E-state index contributed by atoms with van der Waals surface area (Å²) in [7, 11) is 0. The molecule has 1 aromatic rings. The Hall–Kier alpha value is 0.340. The molecule has 0 unspecified atom stereocenters. The fourth-order valence-electron chi connectivity index (χ4n) is 0.825. The molecule has 0 amide bonds. The second-order valence-electron chi connectivity index (χ2n) is 2.37. The lowest BCUT2D eigenvalue weighted by atomic mass is 10.2. The highest BCUT2D eigenvalue weighted by Gasteiger charge is 1.92.